The monoisotopic (exact) mass is 193 g/mol. The average molecular weight is 193 g/mol. The van der Waals surface area contributed by atoms with E-state index in [9.17, 15) is 0 Å². The summed E-state index contributed by atoms with van der Waals surface area (Å²) in [6.45, 7) is 4.19. The molecule has 2 nitrogen and oxygen atoms in total. The molecule has 2 rings (SSSR count). The third-order valence-electron chi connectivity index (χ3n) is 1.95. The van der Waals surface area contributed by atoms with Crippen LogP contribution in [-0.2, 0) is 6.42 Å². The number of hydrogen-bond acceptors (Lipinski definition) is 3. The minimum atomic E-state index is 0.868. The highest BCUT2D eigenvalue weighted by Crippen LogP contribution is 2.28. The molecular formula is C10H11NOS. The Morgan fingerprint density at radius 2 is 2.38 bits per heavy atom. The van der Waals surface area contributed by atoms with Gasteiger partial charge in [-0.05, 0) is 25.5 Å². The Kier molecular flexibility index (Phi) is 2.19. The van der Waals surface area contributed by atoms with Gasteiger partial charge in [-0.15, -0.1) is 11.3 Å². The Hall–Kier alpha value is -1.09. The van der Waals surface area contributed by atoms with E-state index in [0.29, 0.717) is 0 Å². The van der Waals surface area contributed by atoms with Gasteiger partial charge in [-0.3, -0.25) is 0 Å². The lowest BCUT2D eigenvalue weighted by Crippen LogP contribution is -1.77. The lowest BCUT2D eigenvalue weighted by Gasteiger charge is -1.85. The normalized spacial score (nSPS) is 10.6. The van der Waals surface area contributed by atoms with Crippen molar-refractivity contribution in [2.45, 2.75) is 20.3 Å². The Balaban J connectivity index is 2.43. The fourth-order valence-corrected chi connectivity index (χ4v) is 2.23. The van der Waals surface area contributed by atoms with E-state index in [1.165, 1.54) is 4.88 Å². The first kappa shape index (κ1) is 8.51. The van der Waals surface area contributed by atoms with Gasteiger partial charge in [0, 0.05) is 4.88 Å². The van der Waals surface area contributed by atoms with Crippen molar-refractivity contribution in [3.05, 3.63) is 29.0 Å². The molecule has 0 atom stereocenters. The Labute approximate surface area is 81.2 Å². The number of aryl methyl sites for hydroxylation is 2. The molecule has 0 fully saturated rings. The van der Waals surface area contributed by atoms with Crippen molar-refractivity contribution in [1.82, 2.24) is 4.98 Å². The van der Waals surface area contributed by atoms with Crippen molar-refractivity contribution in [2.24, 2.45) is 0 Å². The number of furan rings is 1. The highest BCUT2D eigenvalue weighted by atomic mass is 32.1. The molecule has 0 aliphatic carbocycles. The second-order valence-electron chi connectivity index (χ2n) is 2.86. The maximum Gasteiger partial charge on any atom is 0.162 e. The minimum Gasteiger partial charge on any atom is -0.462 e. The molecule has 0 N–H and O–H groups in total. The first-order valence-electron chi connectivity index (χ1n) is 4.31. The highest BCUT2D eigenvalue weighted by Gasteiger charge is 2.09. The molecule has 0 amide bonds. The summed E-state index contributed by atoms with van der Waals surface area (Å²) in [6, 6.07) is 3.83. The van der Waals surface area contributed by atoms with E-state index in [1.807, 2.05) is 19.1 Å². The van der Waals surface area contributed by atoms with Crippen LogP contribution in [0.5, 0.6) is 0 Å². The summed E-state index contributed by atoms with van der Waals surface area (Å²) in [6.07, 6.45) is 2.72. The van der Waals surface area contributed by atoms with Crippen LogP contribution >= 0.6 is 11.3 Å². The van der Waals surface area contributed by atoms with Crippen LogP contribution in [0.2, 0.25) is 0 Å². The van der Waals surface area contributed by atoms with E-state index in [0.717, 1.165) is 22.9 Å². The van der Waals surface area contributed by atoms with Crippen molar-refractivity contribution in [1.29, 1.82) is 0 Å². The van der Waals surface area contributed by atoms with Gasteiger partial charge in [-0.25, -0.2) is 4.98 Å². The summed E-state index contributed by atoms with van der Waals surface area (Å²) >= 11 is 1.71. The van der Waals surface area contributed by atoms with Gasteiger partial charge in [-0.1, -0.05) is 6.92 Å². The van der Waals surface area contributed by atoms with Gasteiger partial charge in [-0.2, -0.15) is 0 Å². The molecule has 0 saturated carbocycles. The zero-order valence-corrected chi connectivity index (χ0v) is 8.52. The summed E-state index contributed by atoms with van der Waals surface area (Å²) < 4.78 is 5.28. The number of nitrogens with zero attached hydrogens (tertiary/aromatic N) is 1. The van der Waals surface area contributed by atoms with Crippen LogP contribution in [-0.4, -0.2) is 4.98 Å². The van der Waals surface area contributed by atoms with E-state index in [4.69, 9.17) is 4.42 Å². The Morgan fingerprint density at radius 3 is 2.92 bits per heavy atom. The van der Waals surface area contributed by atoms with Crippen molar-refractivity contribution in [3.8, 4) is 10.8 Å². The summed E-state index contributed by atoms with van der Waals surface area (Å²) in [5, 5.41) is 0.986. The van der Waals surface area contributed by atoms with E-state index in [2.05, 4.69) is 11.9 Å². The first-order valence-corrected chi connectivity index (χ1v) is 5.13. The fourth-order valence-electron chi connectivity index (χ4n) is 1.26. The maximum absolute atomic E-state index is 5.28. The van der Waals surface area contributed by atoms with Crippen LogP contribution in [0.15, 0.2) is 22.8 Å². The fraction of sp³-hybridized carbons (Fsp3) is 0.300. The number of hydrogen-bond donors (Lipinski definition) is 0. The largest absolute Gasteiger partial charge is 0.462 e. The van der Waals surface area contributed by atoms with Gasteiger partial charge in [0.2, 0.25) is 0 Å². The van der Waals surface area contributed by atoms with Crippen molar-refractivity contribution in [3.63, 3.8) is 0 Å². The van der Waals surface area contributed by atoms with Crippen LogP contribution < -0.4 is 0 Å². The third kappa shape index (κ3) is 1.52. The second kappa shape index (κ2) is 3.34. The average Bonchev–Trinajstić information content (AvgIpc) is 2.71. The van der Waals surface area contributed by atoms with Gasteiger partial charge in [0.1, 0.15) is 0 Å². The Bertz CT molecular complexity index is 389. The van der Waals surface area contributed by atoms with Gasteiger partial charge in [0.05, 0.1) is 12.0 Å². The topological polar surface area (TPSA) is 26.0 Å². The van der Waals surface area contributed by atoms with Gasteiger partial charge in [0.15, 0.2) is 10.8 Å². The third-order valence-corrected chi connectivity index (χ3v) is 3.26. The number of thiazole rings is 1. The standard InChI is InChI=1S/C10H11NOS/c1-3-9-7(2)11-10(13-9)8-5-4-6-12-8/h4-6H,3H2,1-2H3. The summed E-state index contributed by atoms with van der Waals surface area (Å²) in [7, 11) is 0. The van der Waals surface area contributed by atoms with Gasteiger partial charge < -0.3 is 4.42 Å². The molecular weight excluding hydrogens is 182 g/mol. The van der Waals surface area contributed by atoms with Crippen LogP contribution in [0.25, 0.3) is 10.8 Å². The Morgan fingerprint density at radius 1 is 1.54 bits per heavy atom. The molecule has 2 aromatic heterocycles. The minimum absolute atomic E-state index is 0.868. The van der Waals surface area contributed by atoms with Crippen molar-refractivity contribution < 1.29 is 4.42 Å². The van der Waals surface area contributed by atoms with E-state index >= 15 is 0 Å². The van der Waals surface area contributed by atoms with Gasteiger partial charge >= 0.3 is 0 Å². The molecule has 0 spiro atoms. The molecule has 0 bridgehead atoms. The molecule has 3 heteroatoms. The van der Waals surface area contributed by atoms with E-state index in [-0.39, 0.29) is 0 Å². The van der Waals surface area contributed by atoms with Gasteiger partial charge in [0.25, 0.3) is 0 Å². The molecule has 0 aromatic carbocycles. The van der Waals surface area contributed by atoms with E-state index in [1.54, 1.807) is 17.6 Å². The summed E-state index contributed by atoms with van der Waals surface area (Å²) in [5.41, 5.74) is 1.12. The summed E-state index contributed by atoms with van der Waals surface area (Å²) in [4.78, 5) is 5.79. The predicted octanol–water partition coefficient (Wildman–Crippen LogP) is 3.27. The van der Waals surface area contributed by atoms with E-state index < -0.39 is 0 Å². The van der Waals surface area contributed by atoms with Crippen LogP contribution in [0.1, 0.15) is 17.5 Å². The van der Waals surface area contributed by atoms with Crippen LogP contribution in [0.4, 0.5) is 0 Å². The molecule has 13 heavy (non-hydrogen) atoms. The highest BCUT2D eigenvalue weighted by molar-refractivity contribution is 7.15. The molecule has 2 heterocycles. The molecule has 0 aliphatic heterocycles. The first-order chi connectivity index (χ1) is 6.31. The second-order valence-corrected chi connectivity index (χ2v) is 3.94. The molecule has 0 aliphatic rings. The zero-order valence-electron chi connectivity index (χ0n) is 7.70. The predicted molar refractivity (Wildman–Crippen MR) is 53.9 cm³/mol. The molecule has 2 aromatic rings. The van der Waals surface area contributed by atoms with Crippen molar-refractivity contribution in [2.75, 3.05) is 0 Å². The molecule has 0 radical (unpaired) electrons. The zero-order chi connectivity index (χ0) is 9.26. The van der Waals surface area contributed by atoms with Crippen molar-refractivity contribution >= 4 is 11.3 Å². The molecule has 68 valence electrons. The lowest BCUT2D eigenvalue weighted by molar-refractivity contribution is 0.581. The number of aromatic nitrogens is 1. The maximum atomic E-state index is 5.28. The molecule has 0 unspecified atom stereocenters. The quantitative estimate of drug-likeness (QED) is 0.731. The van der Waals surface area contributed by atoms with Crippen LogP contribution in [0.3, 0.4) is 0 Å². The smallest absolute Gasteiger partial charge is 0.162 e. The number of rotatable bonds is 2. The lowest BCUT2D eigenvalue weighted by atomic mass is 10.3. The summed E-state index contributed by atoms with van der Waals surface area (Å²) in [5.74, 6) is 0.868. The van der Waals surface area contributed by atoms with Crippen LogP contribution in [0, 0.1) is 6.92 Å². The SMILES string of the molecule is CCc1sc(-c2ccco2)nc1C. The molecule has 0 saturated heterocycles.